The Bertz CT molecular complexity index is 134. The van der Waals surface area contributed by atoms with E-state index in [2.05, 4.69) is 25.2 Å². The lowest BCUT2D eigenvalue weighted by Crippen LogP contribution is -1.82. The van der Waals surface area contributed by atoms with Gasteiger partial charge in [0.2, 0.25) is 0 Å². The van der Waals surface area contributed by atoms with Crippen LogP contribution in [0.2, 0.25) is 0 Å². The van der Waals surface area contributed by atoms with E-state index in [0.717, 1.165) is 0 Å². The highest BCUT2D eigenvalue weighted by Gasteiger charge is 1.93. The number of rotatable bonds is 2. The predicted molar refractivity (Wildman–Crippen MR) is 56.8 cm³/mol. The van der Waals surface area contributed by atoms with Crippen LogP contribution in [-0.2, 0) is 0 Å². The first-order valence-corrected chi connectivity index (χ1v) is 3.79. The third kappa shape index (κ3) is 3.40. The van der Waals surface area contributed by atoms with Crippen molar-refractivity contribution in [2.24, 2.45) is 0 Å². The molecule has 58 valence electrons. The van der Waals surface area contributed by atoms with Gasteiger partial charge in [-0.3, -0.25) is 0 Å². The average molecular weight is 250 g/mol. The molecule has 1 aliphatic rings. The Labute approximate surface area is 80.4 Å². The summed E-state index contributed by atoms with van der Waals surface area (Å²) in [6, 6.07) is 0. The molecule has 0 unspecified atom stereocenters. The van der Waals surface area contributed by atoms with Crippen molar-refractivity contribution in [1.29, 1.82) is 0 Å². The first-order valence-electron chi connectivity index (χ1n) is 3.79. The van der Waals surface area contributed by atoms with Crippen molar-refractivity contribution in [2.45, 2.75) is 32.6 Å². The zero-order valence-electron chi connectivity index (χ0n) is 6.47. The fraction of sp³-hybridized carbons (Fsp3) is 0.556. The molecule has 0 nitrogen and oxygen atoms in total. The van der Waals surface area contributed by atoms with Gasteiger partial charge < -0.3 is 0 Å². The van der Waals surface area contributed by atoms with Crippen molar-refractivity contribution in [1.82, 2.24) is 0 Å². The van der Waals surface area contributed by atoms with Gasteiger partial charge in [-0.05, 0) is 19.3 Å². The molecule has 0 fully saturated rings. The molecule has 0 aromatic heterocycles. The maximum absolute atomic E-state index is 2.35. The number of halogens is 1. The Morgan fingerprint density at radius 3 is 2.70 bits per heavy atom. The first-order chi connectivity index (χ1) is 4.43. The largest absolute Gasteiger partial charge is 0.107 e. The molecule has 0 aromatic rings. The molecule has 0 heterocycles. The Hall–Kier alpha value is 0.210. The Morgan fingerprint density at radius 2 is 2.20 bits per heavy atom. The van der Waals surface area contributed by atoms with Crippen molar-refractivity contribution >= 4 is 24.0 Å². The summed E-state index contributed by atoms with van der Waals surface area (Å²) >= 11 is 0. The minimum Gasteiger partial charge on any atom is -0.107 e. The molecule has 0 N–H and O–H groups in total. The second-order valence-electron chi connectivity index (χ2n) is 2.51. The zero-order chi connectivity index (χ0) is 6.53. The average Bonchev–Trinajstić information content (AvgIpc) is 1.91. The lowest BCUT2D eigenvalue weighted by Gasteiger charge is -2.03. The minimum atomic E-state index is 0. The van der Waals surface area contributed by atoms with Gasteiger partial charge in [0.25, 0.3) is 0 Å². The van der Waals surface area contributed by atoms with Crippen LogP contribution in [0.1, 0.15) is 32.6 Å². The number of allylic oxidation sites excluding steroid dienone is 4. The maximum atomic E-state index is 2.35. The fourth-order valence-electron chi connectivity index (χ4n) is 1.14. The van der Waals surface area contributed by atoms with E-state index in [9.17, 15) is 0 Å². The Balaban J connectivity index is 0.000000810. The van der Waals surface area contributed by atoms with E-state index >= 15 is 0 Å². The van der Waals surface area contributed by atoms with Gasteiger partial charge in [-0.2, -0.15) is 0 Å². The van der Waals surface area contributed by atoms with Crippen molar-refractivity contribution in [3.05, 3.63) is 23.8 Å². The number of hydrogen-bond donors (Lipinski definition) is 0. The summed E-state index contributed by atoms with van der Waals surface area (Å²) in [5.74, 6) is 0. The van der Waals surface area contributed by atoms with E-state index in [1.807, 2.05) is 0 Å². The summed E-state index contributed by atoms with van der Waals surface area (Å²) in [7, 11) is 0. The van der Waals surface area contributed by atoms with Gasteiger partial charge in [0.05, 0.1) is 0 Å². The molecule has 0 bridgehead atoms. The van der Waals surface area contributed by atoms with Crippen LogP contribution in [0, 0.1) is 0 Å². The molecule has 0 spiro atoms. The van der Waals surface area contributed by atoms with Crippen LogP contribution in [0.5, 0.6) is 0 Å². The maximum Gasteiger partial charge on any atom is -0.0285 e. The first kappa shape index (κ1) is 10.2. The lowest BCUT2D eigenvalue weighted by atomic mass is 10.0. The smallest absolute Gasteiger partial charge is 0.0285 e. The summed E-state index contributed by atoms with van der Waals surface area (Å²) in [6.07, 6.45) is 11.9. The molecule has 0 amide bonds. The van der Waals surface area contributed by atoms with Crippen LogP contribution in [0.3, 0.4) is 0 Å². The molecule has 0 saturated heterocycles. The highest BCUT2D eigenvalue weighted by atomic mass is 127. The van der Waals surface area contributed by atoms with Crippen LogP contribution >= 0.6 is 24.0 Å². The molecular formula is C9H15I. The molecule has 1 heteroatoms. The van der Waals surface area contributed by atoms with Gasteiger partial charge in [-0.15, -0.1) is 24.0 Å². The topological polar surface area (TPSA) is 0 Å². The highest BCUT2D eigenvalue weighted by molar-refractivity contribution is 14.0. The molecule has 1 rings (SSSR count). The van der Waals surface area contributed by atoms with Gasteiger partial charge in [-0.1, -0.05) is 37.1 Å². The molecule has 0 atom stereocenters. The monoisotopic (exact) mass is 250 g/mol. The van der Waals surface area contributed by atoms with Crippen LogP contribution < -0.4 is 0 Å². The van der Waals surface area contributed by atoms with Gasteiger partial charge in [-0.25, -0.2) is 0 Å². The summed E-state index contributed by atoms with van der Waals surface area (Å²) in [5.41, 5.74) is 1.53. The van der Waals surface area contributed by atoms with E-state index in [-0.39, 0.29) is 24.0 Å². The van der Waals surface area contributed by atoms with Crippen LogP contribution in [0.4, 0.5) is 0 Å². The number of hydrogen-bond acceptors (Lipinski definition) is 0. The van der Waals surface area contributed by atoms with E-state index in [0.29, 0.717) is 0 Å². The quantitative estimate of drug-likeness (QED) is 0.656. The van der Waals surface area contributed by atoms with Gasteiger partial charge >= 0.3 is 0 Å². The molecule has 10 heavy (non-hydrogen) atoms. The van der Waals surface area contributed by atoms with Crippen LogP contribution in [-0.4, -0.2) is 0 Å². The summed E-state index contributed by atoms with van der Waals surface area (Å²) < 4.78 is 0. The second-order valence-corrected chi connectivity index (χ2v) is 2.51. The van der Waals surface area contributed by atoms with E-state index in [4.69, 9.17) is 0 Å². The van der Waals surface area contributed by atoms with Gasteiger partial charge in [0.1, 0.15) is 0 Å². The summed E-state index contributed by atoms with van der Waals surface area (Å²) in [6.45, 7) is 2.23. The van der Waals surface area contributed by atoms with Gasteiger partial charge in [0, 0.05) is 0 Å². The van der Waals surface area contributed by atoms with Crippen molar-refractivity contribution in [3.8, 4) is 0 Å². The molecule has 0 aliphatic heterocycles. The Kier molecular flexibility index (Phi) is 6.08. The Morgan fingerprint density at radius 1 is 1.40 bits per heavy atom. The molecular weight excluding hydrogens is 235 g/mol. The normalized spacial score (nSPS) is 15.9. The van der Waals surface area contributed by atoms with Gasteiger partial charge in [0.15, 0.2) is 0 Å². The molecule has 1 aliphatic carbocycles. The summed E-state index contributed by atoms with van der Waals surface area (Å²) in [4.78, 5) is 0. The SMILES string of the molecule is CCCC1=CCCC=C1.I. The third-order valence-corrected chi connectivity index (χ3v) is 1.61. The fourth-order valence-corrected chi connectivity index (χ4v) is 1.14. The molecule has 0 saturated carbocycles. The highest BCUT2D eigenvalue weighted by Crippen LogP contribution is 2.13. The van der Waals surface area contributed by atoms with E-state index < -0.39 is 0 Å². The van der Waals surface area contributed by atoms with Crippen molar-refractivity contribution < 1.29 is 0 Å². The summed E-state index contributed by atoms with van der Waals surface area (Å²) in [5, 5.41) is 0. The second kappa shape index (κ2) is 5.96. The third-order valence-electron chi connectivity index (χ3n) is 1.61. The van der Waals surface area contributed by atoms with E-state index in [1.165, 1.54) is 31.3 Å². The lowest BCUT2D eigenvalue weighted by molar-refractivity contribution is 0.894. The van der Waals surface area contributed by atoms with Crippen molar-refractivity contribution in [3.63, 3.8) is 0 Å². The van der Waals surface area contributed by atoms with Crippen LogP contribution in [0.15, 0.2) is 23.8 Å². The molecule has 0 aromatic carbocycles. The minimum absolute atomic E-state index is 0. The molecule has 0 radical (unpaired) electrons. The zero-order valence-corrected chi connectivity index (χ0v) is 8.80. The predicted octanol–water partition coefficient (Wildman–Crippen LogP) is 3.68. The van der Waals surface area contributed by atoms with Crippen LogP contribution in [0.25, 0.3) is 0 Å². The van der Waals surface area contributed by atoms with E-state index in [1.54, 1.807) is 0 Å². The van der Waals surface area contributed by atoms with Crippen molar-refractivity contribution in [2.75, 3.05) is 0 Å². The standard InChI is InChI=1S/C9H14.HI/c1-2-6-9-7-4-3-5-8-9;/h4,7-8H,2-3,5-6H2,1H3;1H.